The van der Waals surface area contributed by atoms with E-state index < -0.39 is 0 Å². The highest BCUT2D eigenvalue weighted by Gasteiger charge is 2.14. The second-order valence-corrected chi connectivity index (χ2v) is 7.29. The molecule has 0 aromatic carbocycles. The summed E-state index contributed by atoms with van der Waals surface area (Å²) in [6.07, 6.45) is 4.81. The van der Waals surface area contributed by atoms with Gasteiger partial charge in [-0.25, -0.2) is 0 Å². The Morgan fingerprint density at radius 2 is 2.25 bits per heavy atom. The minimum Gasteiger partial charge on any atom is -0.313 e. The van der Waals surface area contributed by atoms with E-state index in [-0.39, 0.29) is 0 Å². The van der Waals surface area contributed by atoms with Crippen molar-refractivity contribution in [3.63, 3.8) is 0 Å². The zero-order valence-electron chi connectivity index (χ0n) is 10.8. The molecule has 1 rings (SSSR count). The van der Waals surface area contributed by atoms with Crippen LogP contribution in [0.1, 0.15) is 33.6 Å². The van der Waals surface area contributed by atoms with Crippen molar-refractivity contribution in [2.75, 3.05) is 23.8 Å². The fraction of sp³-hybridized carbons (Fsp3) is 0.846. The van der Waals surface area contributed by atoms with E-state index in [9.17, 15) is 0 Å². The summed E-state index contributed by atoms with van der Waals surface area (Å²) in [4.78, 5) is 0. The molecule has 1 nitrogen and oxygen atoms in total. The summed E-state index contributed by atoms with van der Waals surface area (Å²) in [5.74, 6) is 4.01. The highest BCUT2D eigenvalue weighted by Crippen LogP contribution is 2.23. The first-order valence-electron chi connectivity index (χ1n) is 6.24. The molecule has 0 aromatic rings. The zero-order chi connectivity index (χ0) is 11.8. The van der Waals surface area contributed by atoms with E-state index in [0.29, 0.717) is 6.04 Å². The first-order valence-corrected chi connectivity index (χ1v) is 8.45. The summed E-state index contributed by atoms with van der Waals surface area (Å²) in [5.41, 5.74) is 1.44. The van der Waals surface area contributed by atoms with E-state index in [1.54, 1.807) is 0 Å². The van der Waals surface area contributed by atoms with Gasteiger partial charge in [-0.15, -0.1) is 0 Å². The maximum Gasteiger partial charge on any atom is 0.0263 e. The Kier molecular flexibility index (Phi) is 7.67. The number of hydrogen-bond acceptors (Lipinski definition) is 3. The number of nitrogens with one attached hydrogen (secondary N) is 1. The summed E-state index contributed by atoms with van der Waals surface area (Å²) in [7, 11) is 0. The molecule has 1 aliphatic rings. The molecule has 1 saturated heterocycles. The van der Waals surface area contributed by atoms with Crippen LogP contribution < -0.4 is 5.32 Å². The van der Waals surface area contributed by atoms with Crippen LogP contribution in [0.15, 0.2) is 11.6 Å². The third kappa shape index (κ3) is 6.87. The second-order valence-electron chi connectivity index (χ2n) is 4.74. The number of rotatable bonds is 6. The Morgan fingerprint density at radius 3 is 2.88 bits per heavy atom. The fourth-order valence-electron chi connectivity index (χ4n) is 1.71. The normalized spacial score (nSPS) is 22.8. The Morgan fingerprint density at radius 1 is 1.44 bits per heavy atom. The molecule has 94 valence electrons. The van der Waals surface area contributed by atoms with Crippen molar-refractivity contribution in [3.8, 4) is 0 Å². The topological polar surface area (TPSA) is 12.0 Å². The summed E-state index contributed by atoms with van der Waals surface area (Å²) < 4.78 is 0. The van der Waals surface area contributed by atoms with Gasteiger partial charge in [0.2, 0.25) is 0 Å². The van der Waals surface area contributed by atoms with Crippen molar-refractivity contribution in [3.05, 3.63) is 11.6 Å². The predicted molar refractivity (Wildman–Crippen MR) is 79.7 cm³/mol. The molecular weight excluding hydrogens is 234 g/mol. The van der Waals surface area contributed by atoms with Gasteiger partial charge in [0.25, 0.3) is 0 Å². The zero-order valence-corrected chi connectivity index (χ0v) is 12.4. The minimum atomic E-state index is 0.656. The van der Waals surface area contributed by atoms with Gasteiger partial charge in [-0.2, -0.15) is 23.5 Å². The molecule has 0 saturated carbocycles. The quantitative estimate of drug-likeness (QED) is 0.733. The van der Waals surface area contributed by atoms with Crippen LogP contribution in [0.3, 0.4) is 0 Å². The molecule has 3 heteroatoms. The minimum absolute atomic E-state index is 0.656. The molecule has 0 amide bonds. The SMILES string of the molecule is CC(C)=CCCC(C)NCC1CSCCS1. The van der Waals surface area contributed by atoms with E-state index >= 15 is 0 Å². The lowest BCUT2D eigenvalue weighted by Crippen LogP contribution is -2.34. The van der Waals surface area contributed by atoms with Crippen LogP contribution in [0, 0.1) is 0 Å². The summed E-state index contributed by atoms with van der Waals surface area (Å²) in [5, 5.41) is 4.50. The number of allylic oxidation sites excluding steroid dienone is 2. The Labute approximate surface area is 109 Å². The lowest BCUT2D eigenvalue weighted by Gasteiger charge is -2.23. The van der Waals surface area contributed by atoms with Gasteiger partial charge >= 0.3 is 0 Å². The van der Waals surface area contributed by atoms with E-state index in [2.05, 4.69) is 55.7 Å². The Hall–Kier alpha value is 0.400. The van der Waals surface area contributed by atoms with E-state index in [0.717, 1.165) is 5.25 Å². The van der Waals surface area contributed by atoms with Crippen LogP contribution in [0.5, 0.6) is 0 Å². The molecular formula is C13H25NS2. The van der Waals surface area contributed by atoms with Crippen molar-refractivity contribution < 1.29 is 0 Å². The third-order valence-corrected chi connectivity index (χ3v) is 5.58. The lowest BCUT2D eigenvalue weighted by atomic mass is 10.1. The average Bonchev–Trinajstić information content (AvgIpc) is 2.27. The van der Waals surface area contributed by atoms with Gasteiger partial charge in [-0.05, 0) is 33.6 Å². The van der Waals surface area contributed by atoms with Crippen LogP contribution in [0.4, 0.5) is 0 Å². The molecule has 0 spiro atoms. The predicted octanol–water partition coefficient (Wildman–Crippen LogP) is 3.56. The number of hydrogen-bond donors (Lipinski definition) is 1. The Bertz CT molecular complexity index is 206. The molecule has 1 N–H and O–H groups in total. The van der Waals surface area contributed by atoms with E-state index in [4.69, 9.17) is 0 Å². The first kappa shape index (κ1) is 14.5. The smallest absolute Gasteiger partial charge is 0.0263 e. The van der Waals surface area contributed by atoms with Crippen molar-refractivity contribution in [2.24, 2.45) is 0 Å². The van der Waals surface area contributed by atoms with E-state index in [1.807, 2.05) is 0 Å². The van der Waals surface area contributed by atoms with Crippen LogP contribution in [-0.4, -0.2) is 35.1 Å². The molecule has 0 bridgehead atoms. The van der Waals surface area contributed by atoms with Crippen molar-refractivity contribution in [2.45, 2.75) is 44.9 Å². The lowest BCUT2D eigenvalue weighted by molar-refractivity contribution is 0.521. The van der Waals surface area contributed by atoms with Crippen molar-refractivity contribution in [1.82, 2.24) is 5.32 Å². The van der Waals surface area contributed by atoms with Gasteiger partial charge in [0.1, 0.15) is 0 Å². The standard InChI is InChI=1S/C13H25NS2/c1-11(2)5-4-6-12(3)14-9-13-10-15-7-8-16-13/h5,12-14H,4,6-10H2,1-3H3. The molecule has 0 radical (unpaired) electrons. The highest BCUT2D eigenvalue weighted by atomic mass is 32.2. The third-order valence-electron chi connectivity index (χ3n) is 2.73. The van der Waals surface area contributed by atoms with Crippen LogP contribution in [-0.2, 0) is 0 Å². The molecule has 1 aliphatic heterocycles. The van der Waals surface area contributed by atoms with Crippen LogP contribution >= 0.6 is 23.5 Å². The largest absolute Gasteiger partial charge is 0.313 e. The van der Waals surface area contributed by atoms with Gasteiger partial charge in [-0.3, -0.25) is 0 Å². The monoisotopic (exact) mass is 259 g/mol. The fourth-order valence-corrected chi connectivity index (χ4v) is 4.34. The molecule has 0 aromatic heterocycles. The van der Waals surface area contributed by atoms with Gasteiger partial charge in [-0.1, -0.05) is 11.6 Å². The molecule has 2 unspecified atom stereocenters. The molecule has 0 aliphatic carbocycles. The van der Waals surface area contributed by atoms with Gasteiger partial charge in [0.05, 0.1) is 0 Å². The molecule has 16 heavy (non-hydrogen) atoms. The Balaban J connectivity index is 2.04. The molecule has 1 heterocycles. The number of thioether (sulfide) groups is 2. The molecule has 1 fully saturated rings. The second kappa shape index (κ2) is 8.48. The van der Waals surface area contributed by atoms with Crippen LogP contribution in [0.2, 0.25) is 0 Å². The van der Waals surface area contributed by atoms with E-state index in [1.165, 1.54) is 42.2 Å². The van der Waals surface area contributed by atoms with Crippen molar-refractivity contribution >= 4 is 23.5 Å². The maximum atomic E-state index is 3.66. The first-order chi connectivity index (χ1) is 7.68. The van der Waals surface area contributed by atoms with Crippen LogP contribution in [0.25, 0.3) is 0 Å². The average molecular weight is 259 g/mol. The summed E-state index contributed by atoms with van der Waals surface area (Å²) in [6, 6.07) is 0.656. The van der Waals surface area contributed by atoms with Gasteiger partial charge in [0, 0.05) is 35.1 Å². The highest BCUT2D eigenvalue weighted by molar-refractivity contribution is 8.06. The van der Waals surface area contributed by atoms with Crippen molar-refractivity contribution in [1.29, 1.82) is 0 Å². The maximum absolute atomic E-state index is 3.66. The molecule has 2 atom stereocenters. The van der Waals surface area contributed by atoms with Gasteiger partial charge in [0.15, 0.2) is 0 Å². The summed E-state index contributed by atoms with van der Waals surface area (Å²) in [6.45, 7) is 7.84. The van der Waals surface area contributed by atoms with Gasteiger partial charge < -0.3 is 5.32 Å². The summed E-state index contributed by atoms with van der Waals surface area (Å²) >= 11 is 4.24.